The van der Waals surface area contributed by atoms with Crippen LogP contribution in [0.1, 0.15) is 62.5 Å². The van der Waals surface area contributed by atoms with Crippen LogP contribution in [0.15, 0.2) is 48.7 Å². The second-order valence-electron chi connectivity index (χ2n) is 10.3. The van der Waals surface area contributed by atoms with Gasteiger partial charge in [0.2, 0.25) is 0 Å². The SMILES string of the molecule is CN(C)c1cc(C(=O)NC2CCC(Nc3cc(C(C)(C)C)nc4ccccc34)CC2)ccn1. The van der Waals surface area contributed by atoms with E-state index in [0.29, 0.717) is 11.6 Å². The van der Waals surface area contributed by atoms with Gasteiger partial charge < -0.3 is 15.5 Å². The predicted molar refractivity (Wildman–Crippen MR) is 136 cm³/mol. The van der Waals surface area contributed by atoms with Crippen LogP contribution in [0.25, 0.3) is 10.9 Å². The van der Waals surface area contributed by atoms with Crippen LogP contribution in [0.2, 0.25) is 0 Å². The summed E-state index contributed by atoms with van der Waals surface area (Å²) in [6, 6.07) is 14.7. The molecule has 6 heteroatoms. The lowest BCUT2D eigenvalue weighted by Crippen LogP contribution is -2.40. The number of rotatable bonds is 5. The first kappa shape index (κ1) is 23.0. The molecule has 6 nitrogen and oxygen atoms in total. The minimum atomic E-state index is -0.0214. The summed E-state index contributed by atoms with van der Waals surface area (Å²) >= 11 is 0. The number of carbonyl (C=O) groups is 1. The van der Waals surface area contributed by atoms with Gasteiger partial charge >= 0.3 is 0 Å². The minimum absolute atomic E-state index is 0.0121. The molecule has 0 saturated heterocycles. The Bertz CT molecular complexity index is 1130. The molecule has 2 N–H and O–H groups in total. The van der Waals surface area contributed by atoms with E-state index in [4.69, 9.17) is 4.98 Å². The molecule has 1 amide bonds. The minimum Gasteiger partial charge on any atom is -0.382 e. The lowest BCUT2D eigenvalue weighted by molar-refractivity contribution is 0.0926. The van der Waals surface area contributed by atoms with E-state index in [1.165, 1.54) is 0 Å². The van der Waals surface area contributed by atoms with E-state index in [0.717, 1.165) is 53.8 Å². The molecule has 1 fully saturated rings. The van der Waals surface area contributed by atoms with Crippen LogP contribution in [-0.2, 0) is 5.41 Å². The van der Waals surface area contributed by atoms with Gasteiger partial charge in [0, 0.05) is 60.1 Å². The zero-order chi connectivity index (χ0) is 23.6. The maximum atomic E-state index is 12.8. The molecule has 4 rings (SSSR count). The van der Waals surface area contributed by atoms with Crippen LogP contribution in [-0.4, -0.2) is 42.1 Å². The summed E-state index contributed by atoms with van der Waals surface area (Å²) in [6.07, 6.45) is 5.65. The molecule has 174 valence electrons. The van der Waals surface area contributed by atoms with Crippen molar-refractivity contribution < 1.29 is 4.79 Å². The van der Waals surface area contributed by atoms with Gasteiger partial charge in [0.1, 0.15) is 5.82 Å². The normalized spacial score (nSPS) is 18.7. The number of nitrogens with one attached hydrogen (secondary N) is 2. The zero-order valence-electron chi connectivity index (χ0n) is 20.4. The van der Waals surface area contributed by atoms with Crippen molar-refractivity contribution in [2.45, 2.75) is 64.0 Å². The highest BCUT2D eigenvalue weighted by Gasteiger charge is 2.24. The first-order valence-corrected chi connectivity index (χ1v) is 11.8. The molecule has 3 aromatic rings. The van der Waals surface area contributed by atoms with Gasteiger partial charge in [-0.15, -0.1) is 0 Å². The Balaban J connectivity index is 1.40. The Hall–Kier alpha value is -3.15. The van der Waals surface area contributed by atoms with Crippen molar-refractivity contribution in [1.82, 2.24) is 15.3 Å². The number of para-hydroxylation sites is 1. The second kappa shape index (κ2) is 9.38. The summed E-state index contributed by atoms with van der Waals surface area (Å²) < 4.78 is 0. The molecule has 33 heavy (non-hydrogen) atoms. The fourth-order valence-electron chi connectivity index (χ4n) is 4.35. The van der Waals surface area contributed by atoms with Gasteiger partial charge in [-0.2, -0.15) is 0 Å². The van der Waals surface area contributed by atoms with Gasteiger partial charge in [0.15, 0.2) is 0 Å². The van der Waals surface area contributed by atoms with Crippen molar-refractivity contribution in [2.24, 2.45) is 0 Å². The average molecular weight is 446 g/mol. The number of fused-ring (bicyclic) bond motifs is 1. The maximum Gasteiger partial charge on any atom is 0.251 e. The number of anilines is 2. The quantitative estimate of drug-likeness (QED) is 0.569. The first-order chi connectivity index (χ1) is 15.7. The third-order valence-electron chi connectivity index (χ3n) is 6.37. The van der Waals surface area contributed by atoms with Crippen molar-refractivity contribution in [2.75, 3.05) is 24.3 Å². The zero-order valence-corrected chi connectivity index (χ0v) is 20.4. The topological polar surface area (TPSA) is 70.2 Å². The Morgan fingerprint density at radius 2 is 1.70 bits per heavy atom. The van der Waals surface area contributed by atoms with Crippen molar-refractivity contribution in [3.8, 4) is 0 Å². The van der Waals surface area contributed by atoms with Gasteiger partial charge in [-0.1, -0.05) is 39.0 Å². The Labute approximate surface area is 196 Å². The molecule has 0 atom stereocenters. The van der Waals surface area contributed by atoms with Crippen LogP contribution in [0.3, 0.4) is 0 Å². The summed E-state index contributed by atoms with van der Waals surface area (Å²) in [7, 11) is 3.85. The highest BCUT2D eigenvalue weighted by atomic mass is 16.1. The lowest BCUT2D eigenvalue weighted by atomic mass is 9.89. The molecule has 1 aliphatic carbocycles. The highest BCUT2D eigenvalue weighted by molar-refractivity contribution is 5.95. The number of hydrogen-bond acceptors (Lipinski definition) is 5. The van der Waals surface area contributed by atoms with Gasteiger partial charge in [-0.25, -0.2) is 4.98 Å². The number of hydrogen-bond donors (Lipinski definition) is 2. The molecular formula is C27H35N5O. The molecular weight excluding hydrogens is 410 g/mol. The Morgan fingerprint density at radius 1 is 1.00 bits per heavy atom. The molecule has 0 spiro atoms. The number of pyridine rings is 2. The number of nitrogens with zero attached hydrogens (tertiary/aromatic N) is 3. The van der Waals surface area contributed by atoms with Gasteiger partial charge in [0.25, 0.3) is 5.91 Å². The molecule has 2 heterocycles. The highest BCUT2D eigenvalue weighted by Crippen LogP contribution is 2.31. The predicted octanol–water partition coefficient (Wildman–Crippen LogP) is 5.15. The van der Waals surface area contributed by atoms with Crippen LogP contribution < -0.4 is 15.5 Å². The summed E-state index contributed by atoms with van der Waals surface area (Å²) in [6.45, 7) is 6.60. The summed E-state index contributed by atoms with van der Waals surface area (Å²) in [5.41, 5.74) is 3.93. The molecule has 1 aromatic carbocycles. The number of benzene rings is 1. The van der Waals surface area contributed by atoms with E-state index in [-0.39, 0.29) is 17.4 Å². The van der Waals surface area contributed by atoms with Gasteiger partial charge in [-0.05, 0) is 49.9 Å². The van der Waals surface area contributed by atoms with E-state index in [2.05, 4.69) is 60.7 Å². The second-order valence-corrected chi connectivity index (χ2v) is 10.3. The van der Waals surface area contributed by atoms with Crippen LogP contribution >= 0.6 is 0 Å². The standard InChI is InChI=1S/C27H35N5O/c1-27(2,3)24-17-23(21-8-6-7-9-22(21)31-24)29-19-10-12-20(13-11-19)30-26(33)18-14-15-28-25(16-18)32(4)5/h6-9,14-17,19-20H,10-13H2,1-5H3,(H,29,31)(H,30,33). The fraction of sp³-hybridized carbons (Fsp3) is 0.444. The van der Waals surface area contributed by atoms with E-state index in [1.807, 2.05) is 31.1 Å². The molecule has 1 aliphatic rings. The molecule has 0 bridgehead atoms. The third-order valence-corrected chi connectivity index (χ3v) is 6.37. The van der Waals surface area contributed by atoms with Crippen molar-refractivity contribution in [3.63, 3.8) is 0 Å². The number of carbonyl (C=O) groups excluding carboxylic acids is 1. The van der Waals surface area contributed by atoms with Gasteiger partial charge in [0.05, 0.1) is 5.52 Å². The molecule has 0 aliphatic heterocycles. The van der Waals surface area contributed by atoms with Crippen molar-refractivity contribution in [1.29, 1.82) is 0 Å². The van der Waals surface area contributed by atoms with Crippen LogP contribution in [0.5, 0.6) is 0 Å². The van der Waals surface area contributed by atoms with Crippen LogP contribution in [0, 0.1) is 0 Å². The largest absolute Gasteiger partial charge is 0.382 e. The van der Waals surface area contributed by atoms with Crippen LogP contribution in [0.4, 0.5) is 11.5 Å². The fourth-order valence-corrected chi connectivity index (χ4v) is 4.35. The van der Waals surface area contributed by atoms with E-state index in [1.54, 1.807) is 12.3 Å². The monoisotopic (exact) mass is 445 g/mol. The summed E-state index contributed by atoms with van der Waals surface area (Å²) in [5, 5.41) is 8.18. The molecule has 2 aromatic heterocycles. The molecule has 0 radical (unpaired) electrons. The number of aromatic nitrogens is 2. The smallest absolute Gasteiger partial charge is 0.251 e. The number of amides is 1. The Morgan fingerprint density at radius 3 is 2.39 bits per heavy atom. The van der Waals surface area contributed by atoms with Crippen molar-refractivity contribution >= 4 is 28.3 Å². The van der Waals surface area contributed by atoms with E-state index in [9.17, 15) is 4.79 Å². The van der Waals surface area contributed by atoms with E-state index < -0.39 is 0 Å². The first-order valence-electron chi connectivity index (χ1n) is 11.8. The van der Waals surface area contributed by atoms with E-state index >= 15 is 0 Å². The average Bonchev–Trinajstić information content (AvgIpc) is 2.79. The molecule has 0 unspecified atom stereocenters. The van der Waals surface area contributed by atoms with Crippen molar-refractivity contribution in [3.05, 3.63) is 59.9 Å². The Kier molecular flexibility index (Phi) is 6.54. The summed E-state index contributed by atoms with van der Waals surface area (Å²) in [5.74, 6) is 0.765. The van der Waals surface area contributed by atoms with Gasteiger partial charge in [-0.3, -0.25) is 9.78 Å². The summed E-state index contributed by atoms with van der Waals surface area (Å²) in [4.78, 5) is 23.9. The molecule has 1 saturated carbocycles. The third kappa shape index (κ3) is 5.44. The maximum absolute atomic E-state index is 12.8. The lowest BCUT2D eigenvalue weighted by Gasteiger charge is -2.31.